The minimum Gasteiger partial charge on any atom is -0.347 e. The van der Waals surface area contributed by atoms with Crippen molar-refractivity contribution in [3.8, 4) is 0 Å². The first-order chi connectivity index (χ1) is 10.1. The molecule has 2 nitrogen and oxygen atoms in total. The molecule has 1 saturated carbocycles. The predicted octanol–water partition coefficient (Wildman–Crippen LogP) is 4.91. The Labute approximate surface area is 131 Å². The van der Waals surface area contributed by atoms with Crippen molar-refractivity contribution in [3.05, 3.63) is 47.9 Å². The van der Waals surface area contributed by atoms with E-state index in [9.17, 15) is 0 Å². The van der Waals surface area contributed by atoms with Gasteiger partial charge in [0.15, 0.2) is 0 Å². The fraction of sp³-hybridized carbons (Fsp3) is 0.579. The maximum absolute atomic E-state index is 6.44. The number of unbranched alkanes of at least 4 members (excludes halogenated alkanes) is 1. The fourth-order valence-electron chi connectivity index (χ4n) is 2.66. The van der Waals surface area contributed by atoms with E-state index >= 15 is 0 Å². The molecular weight excluding hydrogens is 256 g/mol. The molecule has 0 aromatic heterocycles. The van der Waals surface area contributed by atoms with E-state index in [2.05, 4.69) is 43.7 Å². The van der Waals surface area contributed by atoms with Crippen molar-refractivity contribution in [1.29, 1.82) is 0 Å². The van der Waals surface area contributed by atoms with E-state index in [4.69, 9.17) is 5.73 Å². The minimum absolute atomic E-state index is 0.0748. The lowest BCUT2D eigenvalue weighted by Gasteiger charge is -2.42. The monoisotopic (exact) mass is 288 g/mol. The quantitative estimate of drug-likeness (QED) is 0.779. The largest absolute Gasteiger partial charge is 0.347 e. The molecule has 1 heterocycles. The maximum Gasteiger partial charge on any atom is 0.0435 e. The van der Waals surface area contributed by atoms with Crippen LogP contribution in [0.1, 0.15) is 59.8 Å². The normalized spacial score (nSPS) is 21.8. The van der Waals surface area contributed by atoms with Crippen molar-refractivity contribution in [2.24, 2.45) is 5.73 Å². The summed E-state index contributed by atoms with van der Waals surface area (Å²) in [6.07, 6.45) is 14.5. The van der Waals surface area contributed by atoms with Gasteiger partial charge in [-0.3, -0.25) is 0 Å². The highest BCUT2D eigenvalue weighted by molar-refractivity contribution is 5.44. The standard InChI is InChI=1S/C17H26N2.C2H6/c1-4-6-12-19-13-15(17(18)10-7-11-17)8-9-16(19)14(3)5-2;1-2/h5,8-9,13H,2,4,6-7,10-12,18H2,1,3H3;1-2H3/b16-14-;. The van der Waals surface area contributed by atoms with E-state index in [-0.39, 0.29) is 5.54 Å². The Morgan fingerprint density at radius 2 is 2.05 bits per heavy atom. The van der Waals surface area contributed by atoms with Gasteiger partial charge in [0.05, 0.1) is 0 Å². The molecule has 0 saturated heterocycles. The van der Waals surface area contributed by atoms with Gasteiger partial charge in [-0.2, -0.15) is 0 Å². The van der Waals surface area contributed by atoms with Crippen LogP contribution >= 0.6 is 0 Å². The first-order valence-electron chi connectivity index (χ1n) is 8.40. The molecule has 2 N–H and O–H groups in total. The van der Waals surface area contributed by atoms with Gasteiger partial charge in [-0.1, -0.05) is 45.9 Å². The molecular formula is C19H32N2. The van der Waals surface area contributed by atoms with Crippen LogP contribution < -0.4 is 5.73 Å². The Balaban J connectivity index is 0.00000106. The Kier molecular flexibility index (Phi) is 6.97. The second kappa shape index (κ2) is 8.23. The van der Waals surface area contributed by atoms with E-state index < -0.39 is 0 Å². The summed E-state index contributed by atoms with van der Waals surface area (Å²) in [7, 11) is 0. The summed E-state index contributed by atoms with van der Waals surface area (Å²) in [6, 6.07) is 0. The van der Waals surface area contributed by atoms with Crippen molar-refractivity contribution in [3.63, 3.8) is 0 Å². The molecule has 1 fully saturated rings. The number of nitrogens with two attached hydrogens (primary N) is 1. The number of allylic oxidation sites excluding steroid dienone is 3. The Morgan fingerprint density at radius 3 is 2.52 bits per heavy atom. The average molecular weight is 288 g/mol. The first kappa shape index (κ1) is 17.8. The van der Waals surface area contributed by atoms with E-state index in [1.54, 1.807) is 0 Å². The van der Waals surface area contributed by atoms with Crippen LogP contribution in [0.15, 0.2) is 47.9 Å². The number of hydrogen-bond acceptors (Lipinski definition) is 2. The molecule has 0 atom stereocenters. The zero-order chi connectivity index (χ0) is 15.9. The number of hydrogen-bond donors (Lipinski definition) is 1. The van der Waals surface area contributed by atoms with Gasteiger partial charge in [0.2, 0.25) is 0 Å². The molecule has 0 aromatic carbocycles. The Morgan fingerprint density at radius 1 is 1.38 bits per heavy atom. The summed E-state index contributed by atoms with van der Waals surface area (Å²) >= 11 is 0. The first-order valence-corrected chi connectivity index (χ1v) is 8.40. The summed E-state index contributed by atoms with van der Waals surface area (Å²) in [5, 5.41) is 0. The lowest BCUT2D eigenvalue weighted by molar-refractivity contribution is 0.296. The minimum atomic E-state index is -0.0748. The second-order valence-electron chi connectivity index (χ2n) is 5.75. The maximum atomic E-state index is 6.44. The van der Waals surface area contributed by atoms with Crippen LogP contribution in [0.2, 0.25) is 0 Å². The second-order valence-corrected chi connectivity index (χ2v) is 5.75. The van der Waals surface area contributed by atoms with Crippen molar-refractivity contribution < 1.29 is 0 Å². The molecule has 1 aliphatic heterocycles. The van der Waals surface area contributed by atoms with Crippen molar-refractivity contribution in [2.45, 2.75) is 65.3 Å². The van der Waals surface area contributed by atoms with E-state index in [1.165, 1.54) is 36.1 Å². The molecule has 21 heavy (non-hydrogen) atoms. The van der Waals surface area contributed by atoms with E-state index in [0.717, 1.165) is 19.4 Å². The zero-order valence-corrected chi connectivity index (χ0v) is 14.3. The molecule has 0 bridgehead atoms. The van der Waals surface area contributed by atoms with Crippen molar-refractivity contribution in [1.82, 2.24) is 4.90 Å². The highest BCUT2D eigenvalue weighted by Gasteiger charge is 2.36. The summed E-state index contributed by atoms with van der Waals surface area (Å²) < 4.78 is 0. The average Bonchev–Trinajstić information content (AvgIpc) is 2.51. The summed E-state index contributed by atoms with van der Waals surface area (Å²) in [4.78, 5) is 2.35. The van der Waals surface area contributed by atoms with Crippen LogP contribution in [0.3, 0.4) is 0 Å². The molecule has 1 aliphatic carbocycles. The van der Waals surface area contributed by atoms with Gasteiger partial charge in [0.25, 0.3) is 0 Å². The topological polar surface area (TPSA) is 29.3 Å². The van der Waals surface area contributed by atoms with Gasteiger partial charge in [0.1, 0.15) is 0 Å². The summed E-state index contributed by atoms with van der Waals surface area (Å²) in [6.45, 7) is 13.3. The predicted molar refractivity (Wildman–Crippen MR) is 93.9 cm³/mol. The SMILES string of the molecule is C=C/C(C)=C1/C=CC(C2(N)CCC2)=CN1CCCC.CC. The van der Waals surface area contributed by atoms with Gasteiger partial charge in [0, 0.05) is 24.0 Å². The van der Waals surface area contributed by atoms with Crippen molar-refractivity contribution >= 4 is 0 Å². The molecule has 118 valence electrons. The van der Waals surface area contributed by atoms with Crippen LogP contribution in [0.5, 0.6) is 0 Å². The number of rotatable bonds is 5. The third-order valence-electron chi connectivity index (χ3n) is 4.31. The van der Waals surface area contributed by atoms with Crippen molar-refractivity contribution in [2.75, 3.05) is 6.54 Å². The van der Waals surface area contributed by atoms with E-state index in [1.807, 2.05) is 19.9 Å². The third-order valence-corrected chi connectivity index (χ3v) is 4.31. The Bertz CT molecular complexity index is 436. The van der Waals surface area contributed by atoms with Crippen LogP contribution in [0.25, 0.3) is 0 Å². The molecule has 0 unspecified atom stereocenters. The van der Waals surface area contributed by atoms with Gasteiger partial charge in [-0.25, -0.2) is 0 Å². The highest BCUT2D eigenvalue weighted by atomic mass is 15.1. The zero-order valence-electron chi connectivity index (χ0n) is 14.3. The smallest absolute Gasteiger partial charge is 0.0435 e. The molecule has 0 spiro atoms. The molecule has 0 amide bonds. The lowest BCUT2D eigenvalue weighted by Crippen LogP contribution is -2.48. The van der Waals surface area contributed by atoms with Gasteiger partial charge in [-0.15, -0.1) is 0 Å². The van der Waals surface area contributed by atoms with Gasteiger partial charge < -0.3 is 10.6 Å². The molecule has 2 heteroatoms. The Hall–Kier alpha value is -1.28. The summed E-state index contributed by atoms with van der Waals surface area (Å²) in [5.74, 6) is 0. The highest BCUT2D eigenvalue weighted by Crippen LogP contribution is 2.38. The van der Waals surface area contributed by atoms with Gasteiger partial charge in [-0.05, 0) is 49.8 Å². The van der Waals surface area contributed by atoms with Crippen LogP contribution in [0.4, 0.5) is 0 Å². The third kappa shape index (κ3) is 4.10. The molecule has 0 aromatic rings. The van der Waals surface area contributed by atoms with Crippen LogP contribution in [-0.2, 0) is 0 Å². The number of nitrogens with zero attached hydrogens (tertiary/aromatic N) is 1. The van der Waals surface area contributed by atoms with Crippen LogP contribution in [0, 0.1) is 0 Å². The van der Waals surface area contributed by atoms with Crippen LogP contribution in [-0.4, -0.2) is 17.0 Å². The van der Waals surface area contributed by atoms with E-state index in [0.29, 0.717) is 0 Å². The lowest BCUT2D eigenvalue weighted by atomic mass is 9.72. The molecule has 2 rings (SSSR count). The van der Waals surface area contributed by atoms with Gasteiger partial charge >= 0.3 is 0 Å². The summed E-state index contributed by atoms with van der Waals surface area (Å²) in [5.41, 5.74) is 10.1. The molecule has 0 radical (unpaired) electrons. The molecule has 2 aliphatic rings. The fourth-order valence-corrected chi connectivity index (χ4v) is 2.66.